The number of ether oxygens (including phenoxy) is 2. The van der Waals surface area contributed by atoms with Crippen LogP contribution in [0.5, 0.6) is 11.5 Å². The Morgan fingerprint density at radius 1 is 1.33 bits per heavy atom. The largest absolute Gasteiger partial charge is 0.493 e. The highest BCUT2D eigenvalue weighted by Crippen LogP contribution is 2.28. The molecule has 0 saturated heterocycles. The summed E-state index contributed by atoms with van der Waals surface area (Å²) in [6.45, 7) is 2.59. The van der Waals surface area contributed by atoms with Gasteiger partial charge in [0, 0.05) is 5.75 Å². The minimum absolute atomic E-state index is 0.641. The van der Waals surface area contributed by atoms with Gasteiger partial charge in [-0.2, -0.15) is 12.6 Å². The first-order valence-corrected chi connectivity index (χ1v) is 5.53. The predicted octanol–water partition coefficient (Wildman–Crippen LogP) is 3.04. The first-order valence-electron chi connectivity index (χ1n) is 4.90. The summed E-state index contributed by atoms with van der Waals surface area (Å²) in [6, 6.07) is 5.86. The SMILES string of the molecule is CCOc1ccc(C=CCS)cc1OC. The second-order valence-corrected chi connectivity index (χ2v) is 3.29. The molecule has 0 heterocycles. The van der Waals surface area contributed by atoms with Gasteiger partial charge >= 0.3 is 0 Å². The van der Waals surface area contributed by atoms with Crippen LogP contribution in [0.15, 0.2) is 24.3 Å². The first-order chi connectivity index (χ1) is 7.31. The highest BCUT2D eigenvalue weighted by atomic mass is 32.1. The van der Waals surface area contributed by atoms with Crippen LogP contribution in [0.1, 0.15) is 12.5 Å². The average Bonchev–Trinajstić information content (AvgIpc) is 2.28. The van der Waals surface area contributed by atoms with Crippen molar-refractivity contribution in [3.63, 3.8) is 0 Å². The Labute approximate surface area is 96.3 Å². The highest BCUT2D eigenvalue weighted by molar-refractivity contribution is 7.80. The van der Waals surface area contributed by atoms with Gasteiger partial charge in [-0.1, -0.05) is 18.2 Å². The average molecular weight is 224 g/mol. The molecule has 0 aliphatic carbocycles. The molecule has 0 atom stereocenters. The summed E-state index contributed by atoms with van der Waals surface area (Å²) in [4.78, 5) is 0. The molecule has 0 unspecified atom stereocenters. The molecule has 1 aromatic carbocycles. The van der Waals surface area contributed by atoms with Crippen LogP contribution < -0.4 is 9.47 Å². The summed E-state index contributed by atoms with van der Waals surface area (Å²) in [5.74, 6) is 2.27. The normalized spacial score (nSPS) is 10.6. The molecule has 2 nitrogen and oxygen atoms in total. The number of rotatable bonds is 5. The lowest BCUT2D eigenvalue weighted by Crippen LogP contribution is -1.95. The van der Waals surface area contributed by atoms with Crippen LogP contribution in [0.4, 0.5) is 0 Å². The quantitative estimate of drug-likeness (QED) is 0.775. The Morgan fingerprint density at radius 3 is 2.73 bits per heavy atom. The van der Waals surface area contributed by atoms with Crippen LogP contribution in [-0.2, 0) is 0 Å². The van der Waals surface area contributed by atoms with E-state index in [1.165, 1.54) is 0 Å². The Balaban J connectivity index is 2.91. The number of thiol groups is 1. The van der Waals surface area contributed by atoms with Crippen LogP contribution in [0.3, 0.4) is 0 Å². The van der Waals surface area contributed by atoms with Gasteiger partial charge in [-0.05, 0) is 24.6 Å². The maximum absolute atomic E-state index is 5.42. The summed E-state index contributed by atoms with van der Waals surface area (Å²) < 4.78 is 10.7. The molecule has 15 heavy (non-hydrogen) atoms. The zero-order valence-corrected chi connectivity index (χ0v) is 9.96. The lowest BCUT2D eigenvalue weighted by molar-refractivity contribution is 0.311. The van der Waals surface area contributed by atoms with Gasteiger partial charge in [-0.25, -0.2) is 0 Å². The summed E-state index contributed by atoms with van der Waals surface area (Å²) >= 11 is 4.11. The smallest absolute Gasteiger partial charge is 0.161 e. The topological polar surface area (TPSA) is 18.5 Å². The molecule has 0 amide bonds. The van der Waals surface area contributed by atoms with Crippen molar-refractivity contribution in [2.45, 2.75) is 6.92 Å². The third-order valence-electron chi connectivity index (χ3n) is 1.90. The number of benzene rings is 1. The molecular formula is C12H16O2S. The van der Waals surface area contributed by atoms with Gasteiger partial charge in [0.2, 0.25) is 0 Å². The van der Waals surface area contributed by atoms with E-state index < -0.39 is 0 Å². The van der Waals surface area contributed by atoms with E-state index in [9.17, 15) is 0 Å². The Kier molecular flexibility index (Phi) is 5.12. The van der Waals surface area contributed by atoms with E-state index in [2.05, 4.69) is 12.6 Å². The van der Waals surface area contributed by atoms with Crippen molar-refractivity contribution in [2.24, 2.45) is 0 Å². The molecule has 0 N–H and O–H groups in total. The van der Waals surface area contributed by atoms with Crippen molar-refractivity contribution in [3.8, 4) is 11.5 Å². The molecule has 0 saturated carbocycles. The molecular weight excluding hydrogens is 208 g/mol. The fourth-order valence-electron chi connectivity index (χ4n) is 1.25. The van der Waals surface area contributed by atoms with Crippen molar-refractivity contribution in [1.29, 1.82) is 0 Å². The van der Waals surface area contributed by atoms with Crippen LogP contribution in [0.25, 0.3) is 6.08 Å². The molecule has 0 fully saturated rings. The lowest BCUT2D eigenvalue weighted by Gasteiger charge is -2.09. The van der Waals surface area contributed by atoms with E-state index in [1.807, 2.05) is 37.3 Å². The van der Waals surface area contributed by atoms with Crippen molar-refractivity contribution in [3.05, 3.63) is 29.8 Å². The minimum atomic E-state index is 0.641. The number of hydrogen-bond donors (Lipinski definition) is 1. The number of hydrogen-bond acceptors (Lipinski definition) is 3. The standard InChI is InChI=1S/C12H16O2S/c1-3-14-11-7-6-10(5-4-8-15)9-12(11)13-2/h4-7,9,15H,3,8H2,1-2H3. The minimum Gasteiger partial charge on any atom is -0.493 e. The predicted molar refractivity (Wildman–Crippen MR) is 67.1 cm³/mol. The molecule has 0 bridgehead atoms. The Morgan fingerprint density at radius 2 is 2.13 bits per heavy atom. The monoisotopic (exact) mass is 224 g/mol. The lowest BCUT2D eigenvalue weighted by atomic mass is 10.2. The first kappa shape index (κ1) is 12.0. The summed E-state index contributed by atoms with van der Waals surface area (Å²) in [6.07, 6.45) is 3.99. The molecule has 0 radical (unpaired) electrons. The van der Waals surface area contributed by atoms with Crippen molar-refractivity contribution < 1.29 is 9.47 Å². The maximum atomic E-state index is 5.42. The molecule has 0 spiro atoms. The van der Waals surface area contributed by atoms with Gasteiger partial charge in [0.05, 0.1) is 13.7 Å². The van der Waals surface area contributed by atoms with Gasteiger partial charge < -0.3 is 9.47 Å². The fourth-order valence-corrected chi connectivity index (χ4v) is 1.36. The summed E-state index contributed by atoms with van der Waals surface area (Å²) in [7, 11) is 1.64. The van der Waals surface area contributed by atoms with E-state index in [4.69, 9.17) is 9.47 Å². The van der Waals surface area contributed by atoms with Gasteiger partial charge in [-0.3, -0.25) is 0 Å². The van der Waals surface area contributed by atoms with Gasteiger partial charge in [-0.15, -0.1) is 0 Å². The molecule has 3 heteroatoms. The molecule has 0 aliphatic rings. The van der Waals surface area contributed by atoms with E-state index in [-0.39, 0.29) is 0 Å². The third-order valence-corrected chi connectivity index (χ3v) is 2.11. The Bertz CT molecular complexity index is 334. The molecule has 82 valence electrons. The molecule has 1 aromatic rings. The van der Waals surface area contributed by atoms with E-state index in [0.717, 1.165) is 22.8 Å². The van der Waals surface area contributed by atoms with Crippen LogP contribution >= 0.6 is 12.6 Å². The molecule has 1 rings (SSSR count). The van der Waals surface area contributed by atoms with E-state index in [1.54, 1.807) is 7.11 Å². The van der Waals surface area contributed by atoms with Gasteiger partial charge in [0.1, 0.15) is 0 Å². The zero-order chi connectivity index (χ0) is 11.1. The highest BCUT2D eigenvalue weighted by Gasteiger charge is 2.03. The van der Waals surface area contributed by atoms with Crippen molar-refractivity contribution in [1.82, 2.24) is 0 Å². The fraction of sp³-hybridized carbons (Fsp3) is 0.333. The third kappa shape index (κ3) is 3.51. The second-order valence-electron chi connectivity index (χ2n) is 2.93. The molecule has 0 aromatic heterocycles. The van der Waals surface area contributed by atoms with Crippen LogP contribution in [-0.4, -0.2) is 19.5 Å². The van der Waals surface area contributed by atoms with Crippen LogP contribution in [0.2, 0.25) is 0 Å². The maximum Gasteiger partial charge on any atom is 0.161 e. The summed E-state index contributed by atoms with van der Waals surface area (Å²) in [5.41, 5.74) is 1.09. The van der Waals surface area contributed by atoms with Crippen molar-refractivity contribution in [2.75, 3.05) is 19.5 Å². The Hall–Kier alpha value is -1.09. The van der Waals surface area contributed by atoms with Gasteiger partial charge in [0.25, 0.3) is 0 Å². The summed E-state index contributed by atoms with van der Waals surface area (Å²) in [5, 5.41) is 0. The number of methoxy groups -OCH3 is 1. The zero-order valence-electron chi connectivity index (χ0n) is 9.06. The van der Waals surface area contributed by atoms with Crippen molar-refractivity contribution >= 4 is 18.7 Å². The molecule has 0 aliphatic heterocycles. The van der Waals surface area contributed by atoms with Crippen LogP contribution in [0, 0.1) is 0 Å². The van der Waals surface area contributed by atoms with Gasteiger partial charge in [0.15, 0.2) is 11.5 Å². The van der Waals surface area contributed by atoms with E-state index >= 15 is 0 Å². The van der Waals surface area contributed by atoms with E-state index in [0.29, 0.717) is 6.61 Å². The second kappa shape index (κ2) is 6.40.